The van der Waals surface area contributed by atoms with Gasteiger partial charge in [-0.15, -0.1) is 13.2 Å². The zero-order valence-electron chi connectivity index (χ0n) is 26.7. The lowest BCUT2D eigenvalue weighted by atomic mass is 9.86. The smallest absolute Gasteiger partial charge is 0.406 e. The van der Waals surface area contributed by atoms with Crippen LogP contribution >= 0.6 is 0 Å². The molecule has 0 unspecified atom stereocenters. The fourth-order valence-electron chi connectivity index (χ4n) is 5.82. The summed E-state index contributed by atoms with van der Waals surface area (Å²) in [5.41, 5.74) is 3.37. The van der Waals surface area contributed by atoms with Gasteiger partial charge in [0.05, 0.1) is 16.8 Å². The summed E-state index contributed by atoms with van der Waals surface area (Å²) < 4.78 is 41.2. The van der Waals surface area contributed by atoms with Crippen molar-refractivity contribution >= 4 is 46.0 Å². The standard InChI is InChI=1S/C34H38F3N7O3/c1-20-17-21(2)29(42-33(46)40-24-13-15-25(16-14-24)47-34(35,36)37)27(18-20)31(45)38-19-22-9-11-23(12-10-22)39-32-41-28-8-6-5-7-26(28)30(43-32)44(3)4/h5-8,13-18,22-23H,9-12,19H2,1-4H3,(H,38,45)(H,39,41,43)(H2,40,42,46)/t22-,23+. The lowest BCUT2D eigenvalue weighted by molar-refractivity contribution is -0.274. The maximum absolute atomic E-state index is 13.4. The minimum atomic E-state index is -4.81. The Morgan fingerprint density at radius 2 is 1.64 bits per heavy atom. The number of nitrogens with one attached hydrogen (secondary N) is 4. The number of aryl methyl sites for hydroxylation is 2. The lowest BCUT2D eigenvalue weighted by Gasteiger charge is -2.29. The highest BCUT2D eigenvalue weighted by Crippen LogP contribution is 2.29. The molecule has 1 heterocycles. The summed E-state index contributed by atoms with van der Waals surface area (Å²) >= 11 is 0. The summed E-state index contributed by atoms with van der Waals surface area (Å²) in [4.78, 5) is 37.7. The van der Waals surface area contributed by atoms with E-state index in [9.17, 15) is 22.8 Å². The largest absolute Gasteiger partial charge is 0.573 e. The van der Waals surface area contributed by atoms with Crippen molar-refractivity contribution in [2.75, 3.05) is 41.5 Å². The fraction of sp³-hybridized carbons (Fsp3) is 0.353. The van der Waals surface area contributed by atoms with Gasteiger partial charge >= 0.3 is 12.4 Å². The average Bonchev–Trinajstić information content (AvgIpc) is 3.01. The molecule has 10 nitrogen and oxygen atoms in total. The van der Waals surface area contributed by atoms with Crippen molar-refractivity contribution in [2.24, 2.45) is 5.92 Å². The maximum atomic E-state index is 13.4. The summed E-state index contributed by atoms with van der Waals surface area (Å²) in [5, 5.41) is 12.9. The van der Waals surface area contributed by atoms with Crippen LogP contribution in [0.15, 0.2) is 60.7 Å². The van der Waals surface area contributed by atoms with Crippen molar-refractivity contribution < 1.29 is 27.5 Å². The Labute approximate surface area is 271 Å². The van der Waals surface area contributed by atoms with Gasteiger partial charge in [0.15, 0.2) is 0 Å². The van der Waals surface area contributed by atoms with Gasteiger partial charge in [0.25, 0.3) is 5.91 Å². The first-order valence-electron chi connectivity index (χ1n) is 15.4. The highest BCUT2D eigenvalue weighted by Gasteiger charge is 2.31. The Morgan fingerprint density at radius 1 is 0.936 bits per heavy atom. The third-order valence-electron chi connectivity index (χ3n) is 8.05. The summed E-state index contributed by atoms with van der Waals surface area (Å²) in [6.07, 6.45) is -1.16. The Balaban J connectivity index is 1.15. The maximum Gasteiger partial charge on any atom is 0.573 e. The second kappa shape index (κ2) is 14.1. The number of hydrogen-bond donors (Lipinski definition) is 4. The average molecular weight is 650 g/mol. The number of amides is 3. The second-order valence-electron chi connectivity index (χ2n) is 12.0. The molecule has 1 aliphatic carbocycles. The molecule has 4 aromatic rings. The van der Waals surface area contributed by atoms with Crippen LogP contribution in [0, 0.1) is 19.8 Å². The first kappa shape index (κ1) is 33.3. The SMILES string of the molecule is Cc1cc(C)c(NC(=O)Nc2ccc(OC(F)(F)F)cc2)c(C(=O)NC[C@H]2CC[C@@H](Nc3nc(N(C)C)c4ccccc4n3)CC2)c1. The van der Waals surface area contributed by atoms with E-state index in [0.29, 0.717) is 35.2 Å². The number of benzene rings is 3. The molecule has 3 aromatic carbocycles. The molecule has 248 valence electrons. The van der Waals surface area contributed by atoms with Gasteiger partial charge < -0.3 is 30.9 Å². The van der Waals surface area contributed by atoms with Crippen LogP contribution in [0.4, 0.5) is 41.1 Å². The number of ether oxygens (including phenoxy) is 1. The first-order chi connectivity index (χ1) is 22.3. The molecule has 1 fully saturated rings. The summed E-state index contributed by atoms with van der Waals surface area (Å²) in [7, 11) is 3.93. The molecule has 0 radical (unpaired) electrons. The molecule has 0 saturated heterocycles. The number of aromatic nitrogens is 2. The number of nitrogens with zero attached hydrogens (tertiary/aromatic N) is 3. The Morgan fingerprint density at radius 3 is 2.32 bits per heavy atom. The van der Waals surface area contributed by atoms with Gasteiger partial charge in [-0.2, -0.15) is 4.98 Å². The van der Waals surface area contributed by atoms with Crippen molar-refractivity contribution in [1.29, 1.82) is 0 Å². The quantitative estimate of drug-likeness (QED) is 0.151. The molecule has 3 amide bonds. The third kappa shape index (κ3) is 8.81. The number of para-hydroxylation sites is 1. The predicted molar refractivity (Wildman–Crippen MR) is 177 cm³/mol. The predicted octanol–water partition coefficient (Wildman–Crippen LogP) is 7.26. The number of rotatable bonds is 9. The molecule has 0 bridgehead atoms. The van der Waals surface area contributed by atoms with E-state index in [4.69, 9.17) is 9.97 Å². The summed E-state index contributed by atoms with van der Waals surface area (Å²) in [6.45, 7) is 4.15. The topological polar surface area (TPSA) is 121 Å². The van der Waals surface area contributed by atoms with E-state index < -0.39 is 18.1 Å². The van der Waals surface area contributed by atoms with Crippen LogP contribution in [0.3, 0.4) is 0 Å². The van der Waals surface area contributed by atoms with Gasteiger partial charge in [0.2, 0.25) is 5.95 Å². The number of carbonyl (C=O) groups excluding carboxylic acids is 2. The number of urea groups is 1. The molecule has 5 rings (SSSR count). The molecule has 0 atom stereocenters. The normalized spacial score (nSPS) is 16.3. The minimum absolute atomic E-state index is 0.222. The van der Waals surface area contributed by atoms with Crippen LogP contribution in [0.1, 0.15) is 47.2 Å². The van der Waals surface area contributed by atoms with E-state index in [0.717, 1.165) is 60.1 Å². The molecule has 0 aliphatic heterocycles. The highest BCUT2D eigenvalue weighted by atomic mass is 19.4. The third-order valence-corrected chi connectivity index (χ3v) is 8.05. The van der Waals surface area contributed by atoms with Crippen LogP contribution < -0.4 is 30.9 Å². The van der Waals surface area contributed by atoms with E-state index in [2.05, 4.69) is 26.0 Å². The zero-order chi connectivity index (χ0) is 33.7. The summed E-state index contributed by atoms with van der Waals surface area (Å²) in [5.74, 6) is 1.05. The van der Waals surface area contributed by atoms with Crippen LogP contribution in [0.2, 0.25) is 0 Å². The monoisotopic (exact) mass is 649 g/mol. The lowest BCUT2D eigenvalue weighted by Crippen LogP contribution is -2.35. The van der Waals surface area contributed by atoms with Crippen LogP contribution in [0.25, 0.3) is 10.9 Å². The van der Waals surface area contributed by atoms with Crippen molar-refractivity contribution in [3.8, 4) is 5.75 Å². The molecule has 0 spiro atoms. The van der Waals surface area contributed by atoms with E-state index in [1.54, 1.807) is 13.0 Å². The molecule has 47 heavy (non-hydrogen) atoms. The summed E-state index contributed by atoms with van der Waals surface area (Å²) in [6, 6.07) is 15.9. The van der Waals surface area contributed by atoms with Gasteiger partial charge in [-0.05, 0) is 99.0 Å². The van der Waals surface area contributed by atoms with E-state index in [-0.39, 0.29) is 17.6 Å². The number of carbonyl (C=O) groups is 2. The van der Waals surface area contributed by atoms with Gasteiger partial charge in [0.1, 0.15) is 11.6 Å². The number of alkyl halides is 3. The van der Waals surface area contributed by atoms with Gasteiger partial charge in [-0.25, -0.2) is 9.78 Å². The van der Waals surface area contributed by atoms with Crippen LogP contribution in [-0.4, -0.2) is 55.0 Å². The van der Waals surface area contributed by atoms with E-state index >= 15 is 0 Å². The molecular formula is C34H38F3N7O3. The highest BCUT2D eigenvalue weighted by molar-refractivity contribution is 6.07. The van der Waals surface area contributed by atoms with Crippen molar-refractivity contribution in [2.45, 2.75) is 51.9 Å². The van der Waals surface area contributed by atoms with E-state index in [1.807, 2.05) is 56.3 Å². The zero-order valence-corrected chi connectivity index (χ0v) is 26.7. The number of hydrogen-bond acceptors (Lipinski definition) is 7. The van der Waals surface area contributed by atoms with E-state index in [1.165, 1.54) is 12.1 Å². The molecule has 1 saturated carbocycles. The van der Waals surface area contributed by atoms with Crippen LogP contribution in [-0.2, 0) is 0 Å². The second-order valence-corrected chi connectivity index (χ2v) is 12.0. The molecule has 13 heteroatoms. The number of anilines is 4. The van der Waals surface area contributed by atoms with Crippen molar-refractivity contribution in [1.82, 2.24) is 15.3 Å². The Hall–Kier alpha value is -5.07. The Kier molecular flexibility index (Phi) is 10.0. The fourth-order valence-corrected chi connectivity index (χ4v) is 5.82. The first-order valence-corrected chi connectivity index (χ1v) is 15.4. The van der Waals surface area contributed by atoms with Gasteiger partial charge in [-0.3, -0.25) is 4.79 Å². The Bertz CT molecular complexity index is 1740. The molecular weight excluding hydrogens is 611 g/mol. The molecule has 1 aromatic heterocycles. The number of halogens is 3. The molecule has 4 N–H and O–H groups in total. The van der Waals surface area contributed by atoms with Crippen molar-refractivity contribution in [3.05, 3.63) is 77.4 Å². The minimum Gasteiger partial charge on any atom is -0.406 e. The number of fused-ring (bicyclic) bond motifs is 1. The van der Waals surface area contributed by atoms with Gasteiger partial charge in [0, 0.05) is 37.8 Å². The van der Waals surface area contributed by atoms with Crippen molar-refractivity contribution in [3.63, 3.8) is 0 Å². The van der Waals surface area contributed by atoms with Gasteiger partial charge in [-0.1, -0.05) is 18.2 Å². The molecule has 1 aliphatic rings. The van der Waals surface area contributed by atoms with Crippen LogP contribution in [0.5, 0.6) is 5.75 Å².